The number of nitrogens with one attached hydrogen (secondary N) is 1. The molecule has 3 rings (SSSR count). The molecule has 1 aliphatic heterocycles. The maximum atomic E-state index is 12.8. The van der Waals surface area contributed by atoms with Crippen molar-refractivity contribution in [2.45, 2.75) is 25.5 Å². The summed E-state index contributed by atoms with van der Waals surface area (Å²) in [6.45, 7) is 4.89. The average Bonchev–Trinajstić information content (AvgIpc) is 3.32. The molecule has 144 valence electrons. The lowest BCUT2D eigenvalue weighted by Gasteiger charge is -2.10. The molecule has 1 N–H and O–H groups in total. The molecule has 0 saturated carbocycles. The fourth-order valence-corrected chi connectivity index (χ4v) is 3.99. The number of carbonyl (C=O) groups is 1. The third kappa shape index (κ3) is 4.44. The predicted octanol–water partition coefficient (Wildman–Crippen LogP) is 0.289. The number of allylic oxidation sites excluding steroid dienone is 1. The standard InChI is InChI=1S/C20H20N4O3S/c1-2-9-24-19(26)17(11-14-6-3-4-8-22-14)28-20(24)16(12-21)18(25)23-13-15-7-5-10-27-15/h2-4,6,8,11,15H,1,5,7,9-10,13H2,(H,23,25)/b17-11-,20-16-. The van der Waals surface area contributed by atoms with Gasteiger partial charge in [0.1, 0.15) is 10.7 Å². The maximum absolute atomic E-state index is 12.8. The number of nitrogens with zero attached hydrogens (tertiary/aromatic N) is 3. The fraction of sp³-hybridized carbons (Fsp3) is 0.300. The summed E-state index contributed by atoms with van der Waals surface area (Å²) in [6, 6.07) is 7.33. The van der Waals surface area contributed by atoms with Crippen LogP contribution in [0, 0.1) is 11.3 Å². The first kappa shape index (κ1) is 19.7. The Labute approximate surface area is 165 Å². The lowest BCUT2D eigenvalue weighted by molar-refractivity contribution is -0.116. The number of thiazole rings is 1. The van der Waals surface area contributed by atoms with E-state index < -0.39 is 5.91 Å². The van der Waals surface area contributed by atoms with Gasteiger partial charge in [-0.2, -0.15) is 5.26 Å². The quantitative estimate of drug-likeness (QED) is 0.708. The minimum absolute atomic E-state index is 0.0318. The average molecular weight is 396 g/mol. The zero-order valence-electron chi connectivity index (χ0n) is 15.3. The van der Waals surface area contributed by atoms with Gasteiger partial charge in [0.15, 0.2) is 5.57 Å². The minimum atomic E-state index is -0.513. The van der Waals surface area contributed by atoms with Crippen LogP contribution in [0.4, 0.5) is 0 Å². The van der Waals surface area contributed by atoms with Crippen molar-refractivity contribution in [1.29, 1.82) is 5.26 Å². The van der Waals surface area contributed by atoms with E-state index in [0.29, 0.717) is 28.0 Å². The first-order valence-corrected chi connectivity index (χ1v) is 9.73. The van der Waals surface area contributed by atoms with Crippen molar-refractivity contribution in [3.05, 3.63) is 62.3 Å². The molecule has 0 bridgehead atoms. The molecule has 28 heavy (non-hydrogen) atoms. The molecular formula is C20H20N4O3S. The molecule has 1 amide bonds. The highest BCUT2D eigenvalue weighted by atomic mass is 32.1. The molecule has 0 aliphatic carbocycles. The highest BCUT2D eigenvalue weighted by Gasteiger charge is 2.19. The summed E-state index contributed by atoms with van der Waals surface area (Å²) in [7, 11) is 0. The second-order valence-electron chi connectivity index (χ2n) is 6.21. The molecule has 1 fully saturated rings. The van der Waals surface area contributed by atoms with Gasteiger partial charge in [-0.3, -0.25) is 19.1 Å². The van der Waals surface area contributed by atoms with Gasteiger partial charge in [0, 0.05) is 25.9 Å². The predicted molar refractivity (Wildman–Crippen MR) is 107 cm³/mol. The van der Waals surface area contributed by atoms with Crippen molar-refractivity contribution in [3.63, 3.8) is 0 Å². The summed E-state index contributed by atoms with van der Waals surface area (Å²) in [5.41, 5.74) is 0.243. The molecule has 8 heteroatoms. The second-order valence-corrected chi connectivity index (χ2v) is 7.24. The molecule has 7 nitrogen and oxygen atoms in total. The number of carbonyl (C=O) groups excluding carboxylic acids is 1. The van der Waals surface area contributed by atoms with Crippen LogP contribution < -0.4 is 20.1 Å². The van der Waals surface area contributed by atoms with E-state index in [-0.39, 0.29) is 23.8 Å². The Hall–Kier alpha value is -3.02. The van der Waals surface area contributed by atoms with Gasteiger partial charge in [-0.15, -0.1) is 17.9 Å². The van der Waals surface area contributed by atoms with Gasteiger partial charge >= 0.3 is 0 Å². The number of hydrogen-bond donors (Lipinski definition) is 1. The normalized spacial score (nSPS) is 17.8. The zero-order valence-corrected chi connectivity index (χ0v) is 16.1. The number of ether oxygens (including phenoxy) is 1. The summed E-state index contributed by atoms with van der Waals surface area (Å²) in [6.07, 6.45) is 6.65. The van der Waals surface area contributed by atoms with Crippen molar-refractivity contribution < 1.29 is 9.53 Å². The van der Waals surface area contributed by atoms with Gasteiger partial charge in [0.2, 0.25) is 0 Å². The number of aromatic nitrogens is 2. The van der Waals surface area contributed by atoms with E-state index in [1.54, 1.807) is 30.5 Å². The highest BCUT2D eigenvalue weighted by Crippen LogP contribution is 2.10. The Morgan fingerprint density at radius 2 is 2.39 bits per heavy atom. The number of nitriles is 1. The smallest absolute Gasteiger partial charge is 0.269 e. The summed E-state index contributed by atoms with van der Waals surface area (Å²) in [5.74, 6) is -0.513. The van der Waals surface area contributed by atoms with Gasteiger partial charge in [0.05, 0.1) is 16.3 Å². The number of hydrogen-bond acceptors (Lipinski definition) is 6. The number of rotatable bonds is 6. The topological polar surface area (TPSA) is 97.0 Å². The molecule has 2 aromatic rings. The Morgan fingerprint density at radius 1 is 1.54 bits per heavy atom. The Balaban J connectivity index is 2.04. The van der Waals surface area contributed by atoms with Crippen LogP contribution in [0.1, 0.15) is 18.5 Å². The Kier molecular flexibility index (Phi) is 6.53. The highest BCUT2D eigenvalue weighted by molar-refractivity contribution is 7.07. The van der Waals surface area contributed by atoms with Crippen molar-refractivity contribution in [2.24, 2.45) is 0 Å². The molecule has 3 heterocycles. The van der Waals surface area contributed by atoms with Gasteiger partial charge in [0.25, 0.3) is 11.5 Å². The van der Waals surface area contributed by atoms with Crippen molar-refractivity contribution in [3.8, 4) is 6.07 Å². The summed E-state index contributed by atoms with van der Waals surface area (Å²) in [4.78, 5) is 29.6. The van der Waals surface area contributed by atoms with Gasteiger partial charge in [-0.25, -0.2) is 0 Å². The lowest BCUT2D eigenvalue weighted by Crippen LogP contribution is -2.36. The summed E-state index contributed by atoms with van der Waals surface area (Å²) < 4.78 is 7.58. The van der Waals surface area contributed by atoms with Crippen LogP contribution >= 0.6 is 11.3 Å². The Bertz CT molecular complexity index is 1070. The fourth-order valence-electron chi connectivity index (χ4n) is 2.89. The van der Waals surface area contributed by atoms with E-state index >= 15 is 0 Å². The molecular weight excluding hydrogens is 376 g/mol. The van der Waals surface area contributed by atoms with E-state index in [0.717, 1.165) is 24.2 Å². The molecule has 0 aromatic carbocycles. The molecule has 1 atom stereocenters. The van der Waals surface area contributed by atoms with Crippen LogP contribution in [0.3, 0.4) is 0 Å². The molecule has 2 aromatic heterocycles. The second kappa shape index (κ2) is 9.26. The van der Waals surface area contributed by atoms with Crippen LogP contribution in [0.2, 0.25) is 0 Å². The molecule has 1 unspecified atom stereocenters. The summed E-state index contributed by atoms with van der Waals surface area (Å²) in [5, 5.41) is 12.3. The van der Waals surface area contributed by atoms with Crippen molar-refractivity contribution in [1.82, 2.24) is 14.9 Å². The Morgan fingerprint density at radius 3 is 3.04 bits per heavy atom. The lowest BCUT2D eigenvalue weighted by atomic mass is 10.2. The van der Waals surface area contributed by atoms with Gasteiger partial charge < -0.3 is 10.1 Å². The van der Waals surface area contributed by atoms with Crippen LogP contribution in [0.5, 0.6) is 0 Å². The third-order valence-electron chi connectivity index (χ3n) is 4.25. The monoisotopic (exact) mass is 396 g/mol. The van der Waals surface area contributed by atoms with Crippen molar-refractivity contribution in [2.75, 3.05) is 13.2 Å². The first-order chi connectivity index (χ1) is 13.6. The number of pyridine rings is 1. The van der Waals surface area contributed by atoms with E-state index in [9.17, 15) is 14.9 Å². The van der Waals surface area contributed by atoms with Gasteiger partial charge in [-0.1, -0.05) is 12.1 Å². The molecule has 0 spiro atoms. The minimum Gasteiger partial charge on any atom is -0.376 e. The van der Waals surface area contributed by atoms with E-state index in [1.165, 1.54) is 4.57 Å². The van der Waals surface area contributed by atoms with Gasteiger partial charge in [-0.05, 0) is 31.1 Å². The SMILES string of the molecule is C=CCn1c(=O)/c(=C/c2ccccn2)s/c1=C(/C#N)C(=O)NCC1CCCO1. The summed E-state index contributed by atoms with van der Waals surface area (Å²) >= 11 is 1.10. The molecule has 1 aliphatic rings. The van der Waals surface area contributed by atoms with E-state index in [2.05, 4.69) is 16.9 Å². The van der Waals surface area contributed by atoms with E-state index in [4.69, 9.17) is 4.74 Å². The zero-order chi connectivity index (χ0) is 19.9. The largest absolute Gasteiger partial charge is 0.376 e. The van der Waals surface area contributed by atoms with Crippen LogP contribution in [-0.4, -0.2) is 34.7 Å². The third-order valence-corrected chi connectivity index (χ3v) is 5.38. The van der Waals surface area contributed by atoms with E-state index in [1.807, 2.05) is 12.1 Å². The molecule has 0 radical (unpaired) electrons. The molecule has 1 saturated heterocycles. The number of amides is 1. The first-order valence-electron chi connectivity index (χ1n) is 8.91. The van der Waals surface area contributed by atoms with Crippen LogP contribution in [0.15, 0.2) is 41.8 Å². The maximum Gasteiger partial charge on any atom is 0.269 e. The van der Waals surface area contributed by atoms with Crippen molar-refractivity contribution >= 4 is 28.9 Å². The van der Waals surface area contributed by atoms with Crippen LogP contribution in [0.25, 0.3) is 11.6 Å². The van der Waals surface area contributed by atoms with Crippen LogP contribution in [-0.2, 0) is 16.1 Å².